The molecule has 118 valence electrons. The SMILES string of the molecule is Cc1ccc(S(=O)(=O)NCC2(O)CCc3ccccc3C2)s1. The van der Waals surface area contributed by atoms with Gasteiger partial charge in [-0.25, -0.2) is 13.1 Å². The Balaban J connectivity index is 1.71. The summed E-state index contributed by atoms with van der Waals surface area (Å²) in [4.78, 5) is 0.950. The molecule has 0 bridgehead atoms. The fourth-order valence-electron chi connectivity index (χ4n) is 2.79. The van der Waals surface area contributed by atoms with Gasteiger partial charge in [0, 0.05) is 17.8 Å². The summed E-state index contributed by atoms with van der Waals surface area (Å²) in [5.74, 6) is 0. The Morgan fingerprint density at radius 2 is 1.95 bits per heavy atom. The third-order valence-electron chi connectivity index (χ3n) is 4.07. The number of sulfonamides is 1. The molecule has 2 N–H and O–H groups in total. The van der Waals surface area contributed by atoms with Crippen LogP contribution in [0.15, 0.2) is 40.6 Å². The number of aryl methyl sites for hydroxylation is 2. The van der Waals surface area contributed by atoms with Crippen molar-refractivity contribution in [3.8, 4) is 0 Å². The maximum absolute atomic E-state index is 12.3. The highest BCUT2D eigenvalue weighted by Gasteiger charge is 2.33. The zero-order valence-corrected chi connectivity index (χ0v) is 14.0. The second kappa shape index (κ2) is 5.77. The summed E-state index contributed by atoms with van der Waals surface area (Å²) < 4.78 is 27.4. The van der Waals surface area contributed by atoms with Crippen molar-refractivity contribution in [3.63, 3.8) is 0 Å². The van der Waals surface area contributed by atoms with E-state index in [0.29, 0.717) is 17.1 Å². The molecule has 0 amide bonds. The van der Waals surface area contributed by atoms with Crippen LogP contribution < -0.4 is 4.72 Å². The fraction of sp³-hybridized carbons (Fsp3) is 0.375. The van der Waals surface area contributed by atoms with E-state index in [9.17, 15) is 13.5 Å². The molecular formula is C16H19NO3S2. The van der Waals surface area contributed by atoms with Gasteiger partial charge in [-0.15, -0.1) is 11.3 Å². The van der Waals surface area contributed by atoms with Crippen LogP contribution in [-0.2, 0) is 22.9 Å². The van der Waals surface area contributed by atoms with Crippen LogP contribution in [-0.4, -0.2) is 25.7 Å². The predicted octanol–water partition coefficient (Wildman–Crippen LogP) is 2.25. The molecule has 2 aromatic rings. The summed E-state index contributed by atoms with van der Waals surface area (Å²) in [7, 11) is -3.55. The Morgan fingerprint density at radius 1 is 1.23 bits per heavy atom. The van der Waals surface area contributed by atoms with Gasteiger partial charge in [0.05, 0.1) is 5.60 Å². The molecule has 1 aromatic carbocycles. The zero-order valence-electron chi connectivity index (χ0n) is 12.4. The van der Waals surface area contributed by atoms with Gasteiger partial charge in [-0.05, 0) is 43.0 Å². The second-order valence-corrected chi connectivity index (χ2v) is 9.14. The van der Waals surface area contributed by atoms with Crippen molar-refractivity contribution in [1.82, 2.24) is 4.72 Å². The van der Waals surface area contributed by atoms with E-state index in [-0.39, 0.29) is 6.54 Å². The van der Waals surface area contributed by atoms with Crippen LogP contribution in [0, 0.1) is 6.92 Å². The van der Waals surface area contributed by atoms with E-state index in [1.165, 1.54) is 16.9 Å². The molecule has 0 fully saturated rings. The summed E-state index contributed by atoms with van der Waals surface area (Å²) in [5, 5.41) is 10.7. The largest absolute Gasteiger partial charge is 0.388 e. The van der Waals surface area contributed by atoms with Crippen LogP contribution in [0.4, 0.5) is 0 Å². The lowest BCUT2D eigenvalue weighted by molar-refractivity contribution is 0.0317. The lowest BCUT2D eigenvalue weighted by Crippen LogP contribution is -2.46. The van der Waals surface area contributed by atoms with Crippen LogP contribution in [0.3, 0.4) is 0 Å². The van der Waals surface area contributed by atoms with Crippen LogP contribution in [0.5, 0.6) is 0 Å². The molecule has 1 unspecified atom stereocenters. The number of fused-ring (bicyclic) bond motifs is 1. The van der Waals surface area contributed by atoms with Gasteiger partial charge in [0.1, 0.15) is 4.21 Å². The van der Waals surface area contributed by atoms with Crippen LogP contribution in [0.25, 0.3) is 0 Å². The van der Waals surface area contributed by atoms with Crippen molar-refractivity contribution < 1.29 is 13.5 Å². The smallest absolute Gasteiger partial charge is 0.250 e. The number of thiophene rings is 1. The molecule has 1 aromatic heterocycles. The molecule has 0 spiro atoms. The van der Waals surface area contributed by atoms with E-state index in [1.807, 2.05) is 25.1 Å². The van der Waals surface area contributed by atoms with Gasteiger partial charge < -0.3 is 5.11 Å². The van der Waals surface area contributed by atoms with Gasteiger partial charge in [0.2, 0.25) is 10.0 Å². The summed E-state index contributed by atoms with van der Waals surface area (Å²) in [5.41, 5.74) is 1.32. The third kappa shape index (κ3) is 3.25. The molecule has 3 rings (SSSR count). The van der Waals surface area contributed by atoms with Gasteiger partial charge in [-0.2, -0.15) is 0 Å². The number of benzene rings is 1. The molecule has 1 atom stereocenters. The Morgan fingerprint density at radius 3 is 2.64 bits per heavy atom. The van der Waals surface area contributed by atoms with E-state index in [0.717, 1.165) is 16.9 Å². The average molecular weight is 337 g/mol. The monoisotopic (exact) mass is 337 g/mol. The first kappa shape index (κ1) is 15.7. The van der Waals surface area contributed by atoms with Gasteiger partial charge in [0.25, 0.3) is 0 Å². The summed E-state index contributed by atoms with van der Waals surface area (Å²) in [6, 6.07) is 11.4. The highest BCUT2D eigenvalue weighted by atomic mass is 32.2. The highest BCUT2D eigenvalue weighted by molar-refractivity contribution is 7.91. The van der Waals surface area contributed by atoms with Gasteiger partial charge in [-0.1, -0.05) is 24.3 Å². The van der Waals surface area contributed by atoms with E-state index in [4.69, 9.17) is 0 Å². The van der Waals surface area contributed by atoms with Crippen molar-refractivity contribution in [2.24, 2.45) is 0 Å². The molecule has 1 aliphatic rings. The summed E-state index contributed by atoms with van der Waals surface area (Å²) in [6.45, 7) is 1.91. The lowest BCUT2D eigenvalue weighted by Gasteiger charge is -2.33. The molecule has 0 saturated heterocycles. The van der Waals surface area contributed by atoms with E-state index in [2.05, 4.69) is 10.8 Å². The minimum atomic E-state index is -3.55. The summed E-state index contributed by atoms with van der Waals surface area (Å²) >= 11 is 1.24. The maximum Gasteiger partial charge on any atom is 0.250 e. The van der Waals surface area contributed by atoms with Crippen LogP contribution in [0.2, 0.25) is 0 Å². The molecule has 1 aliphatic carbocycles. The van der Waals surface area contributed by atoms with E-state index < -0.39 is 15.6 Å². The molecule has 6 heteroatoms. The first-order chi connectivity index (χ1) is 10.4. The predicted molar refractivity (Wildman–Crippen MR) is 87.7 cm³/mol. The van der Waals surface area contributed by atoms with Crippen molar-refractivity contribution in [1.29, 1.82) is 0 Å². The molecule has 1 heterocycles. The van der Waals surface area contributed by atoms with Crippen molar-refractivity contribution in [2.45, 2.75) is 36.0 Å². The molecule has 22 heavy (non-hydrogen) atoms. The first-order valence-electron chi connectivity index (χ1n) is 7.23. The molecule has 0 radical (unpaired) electrons. The normalized spacial score (nSPS) is 21.5. The number of hydrogen-bond donors (Lipinski definition) is 2. The van der Waals surface area contributed by atoms with E-state index in [1.54, 1.807) is 12.1 Å². The molecule has 0 aliphatic heterocycles. The number of hydrogen-bond acceptors (Lipinski definition) is 4. The fourth-order valence-corrected chi connectivity index (χ4v) is 5.24. The van der Waals surface area contributed by atoms with Gasteiger partial charge >= 0.3 is 0 Å². The second-order valence-electron chi connectivity index (χ2n) is 5.86. The summed E-state index contributed by atoms with van der Waals surface area (Å²) in [6.07, 6.45) is 1.82. The number of aliphatic hydroxyl groups is 1. The first-order valence-corrected chi connectivity index (χ1v) is 9.53. The van der Waals surface area contributed by atoms with E-state index >= 15 is 0 Å². The van der Waals surface area contributed by atoms with Crippen LogP contribution >= 0.6 is 11.3 Å². The van der Waals surface area contributed by atoms with Gasteiger partial charge in [-0.3, -0.25) is 0 Å². The van der Waals surface area contributed by atoms with Crippen molar-refractivity contribution in [3.05, 3.63) is 52.4 Å². The van der Waals surface area contributed by atoms with Gasteiger partial charge in [0.15, 0.2) is 0 Å². The lowest BCUT2D eigenvalue weighted by atomic mass is 9.80. The third-order valence-corrected chi connectivity index (χ3v) is 6.96. The van der Waals surface area contributed by atoms with Crippen molar-refractivity contribution in [2.75, 3.05) is 6.54 Å². The Hall–Kier alpha value is -1.21. The topological polar surface area (TPSA) is 66.4 Å². The standard InChI is InChI=1S/C16H19NO3S2/c1-12-6-7-15(21-12)22(19,20)17-11-16(18)9-8-13-4-2-3-5-14(13)10-16/h2-7,17-18H,8-11H2,1H3. The minimum absolute atomic E-state index is 0.0423. The average Bonchev–Trinajstić information content (AvgIpc) is 2.93. The van der Waals surface area contributed by atoms with Crippen molar-refractivity contribution >= 4 is 21.4 Å². The molecule has 0 saturated carbocycles. The quantitative estimate of drug-likeness (QED) is 0.899. The zero-order chi connectivity index (χ0) is 15.8. The number of nitrogens with one attached hydrogen (secondary N) is 1. The Bertz CT molecular complexity index is 782. The molecule has 4 nitrogen and oxygen atoms in total. The van der Waals surface area contributed by atoms with Crippen LogP contribution in [0.1, 0.15) is 22.4 Å². The Kier molecular flexibility index (Phi) is 4.11. The molecular weight excluding hydrogens is 318 g/mol. The minimum Gasteiger partial charge on any atom is -0.388 e. The Labute approximate surface area is 134 Å². The highest BCUT2D eigenvalue weighted by Crippen LogP contribution is 2.29. The maximum atomic E-state index is 12.3. The number of rotatable bonds is 4.